The third-order valence-electron chi connectivity index (χ3n) is 3.75. The molecule has 0 spiro atoms. The van der Waals surface area contributed by atoms with E-state index in [1.165, 1.54) is 29.5 Å². The number of phenols is 1. The van der Waals surface area contributed by atoms with Gasteiger partial charge in [-0.05, 0) is 48.2 Å². The lowest BCUT2D eigenvalue weighted by molar-refractivity contribution is 0.261. The summed E-state index contributed by atoms with van der Waals surface area (Å²) in [6.07, 6.45) is 2.38. The minimum Gasteiger partial charge on any atom is -0.508 e. The monoisotopic (exact) mass is 253 g/mol. The maximum atomic E-state index is 9.54. The first kappa shape index (κ1) is 12.2. The van der Waals surface area contributed by atoms with Crippen LogP contribution in [0.1, 0.15) is 23.1 Å². The van der Waals surface area contributed by atoms with Crippen molar-refractivity contribution in [3.63, 3.8) is 0 Å². The first-order valence-electron chi connectivity index (χ1n) is 6.88. The topological polar surface area (TPSA) is 23.5 Å². The van der Waals surface area contributed by atoms with Crippen LogP contribution < -0.4 is 0 Å². The van der Waals surface area contributed by atoms with Crippen LogP contribution in [0, 0.1) is 0 Å². The summed E-state index contributed by atoms with van der Waals surface area (Å²) < 4.78 is 0. The number of phenolic OH excluding ortho intramolecular Hbond substituents is 1. The van der Waals surface area contributed by atoms with Crippen LogP contribution in [0.5, 0.6) is 5.75 Å². The normalized spacial score (nSPS) is 15.8. The first-order chi connectivity index (χ1) is 9.31. The Hall–Kier alpha value is -1.80. The second-order valence-corrected chi connectivity index (χ2v) is 5.25. The fourth-order valence-corrected chi connectivity index (χ4v) is 2.82. The van der Waals surface area contributed by atoms with E-state index in [2.05, 4.69) is 35.2 Å². The molecule has 0 unspecified atom stereocenters. The lowest BCUT2D eigenvalue weighted by atomic mass is 10.0. The molecule has 19 heavy (non-hydrogen) atoms. The molecule has 3 rings (SSSR count). The molecule has 0 amide bonds. The van der Waals surface area contributed by atoms with Crippen molar-refractivity contribution in [2.24, 2.45) is 0 Å². The van der Waals surface area contributed by atoms with Gasteiger partial charge in [0.1, 0.15) is 5.75 Å². The standard InChI is InChI=1S/C17H19NO/c19-17-9-3-5-14(11-17)12-18-10-4-8-15-6-1-2-7-16(15)13-18/h1-3,5-7,9,11,19H,4,8,10,12-13H2. The van der Waals surface area contributed by atoms with E-state index in [9.17, 15) is 5.11 Å². The van der Waals surface area contributed by atoms with Gasteiger partial charge < -0.3 is 5.11 Å². The van der Waals surface area contributed by atoms with Gasteiger partial charge in [0.25, 0.3) is 0 Å². The summed E-state index contributed by atoms with van der Waals surface area (Å²) in [4.78, 5) is 2.46. The highest BCUT2D eigenvalue weighted by Gasteiger charge is 2.14. The molecular formula is C17H19NO. The highest BCUT2D eigenvalue weighted by atomic mass is 16.3. The van der Waals surface area contributed by atoms with Gasteiger partial charge in [0, 0.05) is 13.1 Å². The predicted octanol–water partition coefficient (Wildman–Crippen LogP) is 3.34. The number of hydrogen-bond donors (Lipinski definition) is 1. The molecule has 0 radical (unpaired) electrons. The number of aromatic hydroxyl groups is 1. The van der Waals surface area contributed by atoms with Crippen molar-refractivity contribution in [2.75, 3.05) is 6.54 Å². The lowest BCUT2D eigenvalue weighted by Crippen LogP contribution is -2.22. The molecule has 2 aromatic carbocycles. The number of benzene rings is 2. The zero-order chi connectivity index (χ0) is 13.1. The minimum absolute atomic E-state index is 0.354. The van der Waals surface area contributed by atoms with Crippen molar-refractivity contribution in [3.05, 3.63) is 65.2 Å². The molecule has 1 heterocycles. The Balaban J connectivity index is 1.76. The van der Waals surface area contributed by atoms with E-state index in [1.54, 1.807) is 6.07 Å². The van der Waals surface area contributed by atoms with Gasteiger partial charge in [-0.2, -0.15) is 0 Å². The highest BCUT2D eigenvalue weighted by Crippen LogP contribution is 2.21. The molecule has 1 aliphatic heterocycles. The molecule has 0 atom stereocenters. The van der Waals surface area contributed by atoms with E-state index < -0.39 is 0 Å². The van der Waals surface area contributed by atoms with Crippen LogP contribution in [0.3, 0.4) is 0 Å². The molecule has 0 bridgehead atoms. The Bertz CT molecular complexity index is 565. The fourth-order valence-electron chi connectivity index (χ4n) is 2.82. The summed E-state index contributed by atoms with van der Waals surface area (Å²) in [6, 6.07) is 16.3. The van der Waals surface area contributed by atoms with E-state index in [1.807, 2.05) is 12.1 Å². The maximum Gasteiger partial charge on any atom is 0.115 e. The molecule has 0 fully saturated rings. The molecule has 0 saturated carbocycles. The Labute approximate surface area is 114 Å². The molecule has 2 aromatic rings. The highest BCUT2D eigenvalue weighted by molar-refractivity contribution is 5.29. The van der Waals surface area contributed by atoms with Gasteiger partial charge in [-0.1, -0.05) is 36.4 Å². The summed E-state index contributed by atoms with van der Waals surface area (Å²) in [6.45, 7) is 3.03. The third-order valence-corrected chi connectivity index (χ3v) is 3.75. The average Bonchev–Trinajstić information content (AvgIpc) is 2.60. The fraction of sp³-hybridized carbons (Fsp3) is 0.294. The molecule has 0 aromatic heterocycles. The summed E-state index contributed by atoms with van der Waals surface area (Å²) in [7, 11) is 0. The number of aryl methyl sites for hydroxylation is 1. The molecule has 2 heteroatoms. The van der Waals surface area contributed by atoms with Crippen molar-refractivity contribution >= 4 is 0 Å². The maximum absolute atomic E-state index is 9.54. The third kappa shape index (κ3) is 2.96. The minimum atomic E-state index is 0.354. The quantitative estimate of drug-likeness (QED) is 0.887. The first-order valence-corrected chi connectivity index (χ1v) is 6.88. The van der Waals surface area contributed by atoms with Crippen LogP contribution in [0.25, 0.3) is 0 Å². The van der Waals surface area contributed by atoms with Crippen LogP contribution >= 0.6 is 0 Å². The van der Waals surface area contributed by atoms with E-state index in [0.29, 0.717) is 5.75 Å². The van der Waals surface area contributed by atoms with Crippen LogP contribution in [-0.4, -0.2) is 16.6 Å². The number of hydrogen-bond acceptors (Lipinski definition) is 2. The van der Waals surface area contributed by atoms with Crippen molar-refractivity contribution < 1.29 is 5.11 Å². The van der Waals surface area contributed by atoms with E-state index in [4.69, 9.17) is 0 Å². The van der Waals surface area contributed by atoms with Gasteiger partial charge in [-0.3, -0.25) is 4.90 Å². The van der Waals surface area contributed by atoms with E-state index in [0.717, 1.165) is 19.6 Å². The van der Waals surface area contributed by atoms with Gasteiger partial charge in [-0.25, -0.2) is 0 Å². The predicted molar refractivity (Wildman–Crippen MR) is 77.0 cm³/mol. The van der Waals surface area contributed by atoms with E-state index in [-0.39, 0.29) is 0 Å². The average molecular weight is 253 g/mol. The largest absolute Gasteiger partial charge is 0.508 e. The SMILES string of the molecule is Oc1cccc(CN2CCCc3ccccc3C2)c1. The molecule has 0 aliphatic carbocycles. The van der Waals surface area contributed by atoms with Gasteiger partial charge >= 0.3 is 0 Å². The summed E-state index contributed by atoms with van der Waals surface area (Å²) in [5.74, 6) is 0.354. The van der Waals surface area contributed by atoms with E-state index >= 15 is 0 Å². The summed E-state index contributed by atoms with van der Waals surface area (Å²) in [5.41, 5.74) is 4.11. The van der Waals surface area contributed by atoms with Crippen molar-refractivity contribution in [2.45, 2.75) is 25.9 Å². The number of rotatable bonds is 2. The van der Waals surface area contributed by atoms with Crippen LogP contribution in [0.4, 0.5) is 0 Å². The Morgan fingerprint density at radius 2 is 1.84 bits per heavy atom. The van der Waals surface area contributed by atoms with Crippen LogP contribution in [0.15, 0.2) is 48.5 Å². The Morgan fingerprint density at radius 3 is 2.68 bits per heavy atom. The van der Waals surface area contributed by atoms with Crippen molar-refractivity contribution in [3.8, 4) is 5.75 Å². The Kier molecular flexibility index (Phi) is 3.51. The second kappa shape index (κ2) is 5.45. The van der Waals surface area contributed by atoms with Crippen molar-refractivity contribution in [1.29, 1.82) is 0 Å². The van der Waals surface area contributed by atoms with Gasteiger partial charge in [-0.15, -0.1) is 0 Å². The summed E-state index contributed by atoms with van der Waals surface area (Å²) in [5, 5.41) is 9.54. The molecular weight excluding hydrogens is 234 g/mol. The Morgan fingerprint density at radius 1 is 1.00 bits per heavy atom. The smallest absolute Gasteiger partial charge is 0.115 e. The number of fused-ring (bicyclic) bond motifs is 1. The summed E-state index contributed by atoms with van der Waals surface area (Å²) >= 11 is 0. The zero-order valence-corrected chi connectivity index (χ0v) is 11.0. The van der Waals surface area contributed by atoms with Gasteiger partial charge in [0.2, 0.25) is 0 Å². The zero-order valence-electron chi connectivity index (χ0n) is 11.0. The molecule has 98 valence electrons. The molecule has 2 nitrogen and oxygen atoms in total. The van der Waals surface area contributed by atoms with Gasteiger partial charge in [0.05, 0.1) is 0 Å². The van der Waals surface area contributed by atoms with Gasteiger partial charge in [0.15, 0.2) is 0 Å². The van der Waals surface area contributed by atoms with Crippen molar-refractivity contribution in [1.82, 2.24) is 4.90 Å². The molecule has 0 saturated heterocycles. The molecule has 1 aliphatic rings. The lowest BCUT2D eigenvalue weighted by Gasteiger charge is -2.20. The van der Waals surface area contributed by atoms with Crippen LogP contribution in [-0.2, 0) is 19.5 Å². The molecule has 1 N–H and O–H groups in total. The number of nitrogens with zero attached hydrogens (tertiary/aromatic N) is 1. The second-order valence-electron chi connectivity index (χ2n) is 5.25. The van der Waals surface area contributed by atoms with Crippen LogP contribution in [0.2, 0.25) is 0 Å².